The fraction of sp³-hybridized carbons (Fsp3) is 0.0833. The SMILES string of the molecule is N#C/C(=C/N(c1ccccc1)c1ccc(N)cc1)C(=O)NCCc1ccc(O)cc1. The lowest BCUT2D eigenvalue weighted by Gasteiger charge is -2.21. The van der Waals surface area contributed by atoms with Gasteiger partial charge in [0.25, 0.3) is 5.91 Å². The molecular weight excluding hydrogens is 376 g/mol. The lowest BCUT2D eigenvalue weighted by atomic mass is 10.1. The molecule has 3 aromatic rings. The Kier molecular flexibility index (Phi) is 6.70. The van der Waals surface area contributed by atoms with Crippen molar-refractivity contribution in [2.45, 2.75) is 6.42 Å². The summed E-state index contributed by atoms with van der Waals surface area (Å²) in [4.78, 5) is 14.4. The third-order valence-corrected chi connectivity index (χ3v) is 4.46. The number of phenols is 1. The number of rotatable bonds is 7. The number of para-hydroxylation sites is 1. The van der Waals surface area contributed by atoms with Gasteiger partial charge in [-0.15, -0.1) is 0 Å². The molecule has 0 heterocycles. The summed E-state index contributed by atoms with van der Waals surface area (Å²) in [7, 11) is 0. The smallest absolute Gasteiger partial charge is 0.263 e. The van der Waals surface area contributed by atoms with Crippen LogP contribution in [0, 0.1) is 11.3 Å². The van der Waals surface area contributed by atoms with Gasteiger partial charge in [0.15, 0.2) is 0 Å². The molecule has 0 aliphatic carbocycles. The van der Waals surface area contributed by atoms with Gasteiger partial charge < -0.3 is 21.1 Å². The highest BCUT2D eigenvalue weighted by atomic mass is 16.3. The third-order valence-electron chi connectivity index (χ3n) is 4.46. The van der Waals surface area contributed by atoms with Crippen molar-refractivity contribution < 1.29 is 9.90 Å². The maximum atomic E-state index is 12.6. The number of anilines is 3. The van der Waals surface area contributed by atoms with Crippen LogP contribution in [0.3, 0.4) is 0 Å². The van der Waals surface area contributed by atoms with Gasteiger partial charge in [0.05, 0.1) is 0 Å². The fourth-order valence-electron chi connectivity index (χ4n) is 2.87. The van der Waals surface area contributed by atoms with Crippen LogP contribution in [-0.4, -0.2) is 17.6 Å². The zero-order valence-corrected chi connectivity index (χ0v) is 16.3. The van der Waals surface area contributed by atoms with Crippen LogP contribution < -0.4 is 16.0 Å². The first-order chi connectivity index (χ1) is 14.6. The number of benzene rings is 3. The van der Waals surface area contributed by atoms with Gasteiger partial charge >= 0.3 is 0 Å². The Bertz CT molecular complexity index is 1050. The molecule has 6 nitrogen and oxygen atoms in total. The van der Waals surface area contributed by atoms with Crippen molar-refractivity contribution in [3.05, 3.63) is 96.2 Å². The molecule has 1 amide bonds. The van der Waals surface area contributed by atoms with Crippen molar-refractivity contribution in [1.82, 2.24) is 5.32 Å². The van der Waals surface area contributed by atoms with E-state index in [2.05, 4.69) is 5.32 Å². The molecule has 3 rings (SSSR count). The maximum Gasteiger partial charge on any atom is 0.263 e. The van der Waals surface area contributed by atoms with E-state index in [0.29, 0.717) is 18.7 Å². The Labute approximate surface area is 175 Å². The Morgan fingerprint density at radius 1 is 1.00 bits per heavy atom. The highest BCUT2D eigenvalue weighted by Gasteiger charge is 2.13. The summed E-state index contributed by atoms with van der Waals surface area (Å²) in [6.45, 7) is 0.371. The quantitative estimate of drug-likeness (QED) is 0.318. The summed E-state index contributed by atoms with van der Waals surface area (Å²) in [6.07, 6.45) is 2.11. The Morgan fingerprint density at radius 3 is 2.27 bits per heavy atom. The van der Waals surface area contributed by atoms with E-state index in [4.69, 9.17) is 5.73 Å². The maximum absolute atomic E-state index is 12.6. The van der Waals surface area contributed by atoms with Gasteiger partial charge in [-0.2, -0.15) is 5.26 Å². The predicted octanol–water partition coefficient (Wildman–Crippen LogP) is 3.88. The number of nitriles is 1. The second-order valence-electron chi connectivity index (χ2n) is 6.62. The first-order valence-corrected chi connectivity index (χ1v) is 9.44. The van der Waals surface area contributed by atoms with Crippen molar-refractivity contribution in [2.75, 3.05) is 17.2 Å². The van der Waals surface area contributed by atoms with Gasteiger partial charge in [-0.3, -0.25) is 4.79 Å². The van der Waals surface area contributed by atoms with Crippen LogP contribution in [-0.2, 0) is 11.2 Å². The molecule has 0 aromatic heterocycles. The van der Waals surface area contributed by atoms with Crippen LogP contribution in [0.5, 0.6) is 5.75 Å². The molecule has 0 aliphatic rings. The standard InChI is InChI=1S/C24H22N4O2/c25-16-19(24(30)27-15-14-18-6-12-23(29)13-7-18)17-28(21-4-2-1-3-5-21)22-10-8-20(26)9-11-22/h1-13,17,29H,14-15,26H2,(H,27,30)/b19-17-. The van der Waals surface area contributed by atoms with E-state index < -0.39 is 5.91 Å². The first kappa shape index (κ1) is 20.5. The number of hydrogen-bond donors (Lipinski definition) is 3. The molecule has 4 N–H and O–H groups in total. The summed E-state index contributed by atoms with van der Waals surface area (Å²) in [6, 6.07) is 25.4. The van der Waals surface area contributed by atoms with Crippen LogP contribution in [0.25, 0.3) is 0 Å². The highest BCUT2D eigenvalue weighted by molar-refractivity contribution is 5.98. The van der Waals surface area contributed by atoms with Crippen molar-refractivity contribution in [2.24, 2.45) is 0 Å². The average Bonchev–Trinajstić information content (AvgIpc) is 2.77. The number of nitrogens with two attached hydrogens (primary N) is 1. The van der Waals surface area contributed by atoms with E-state index in [-0.39, 0.29) is 11.3 Å². The minimum atomic E-state index is -0.451. The summed E-state index contributed by atoms with van der Waals surface area (Å²) >= 11 is 0. The zero-order valence-electron chi connectivity index (χ0n) is 16.3. The highest BCUT2D eigenvalue weighted by Crippen LogP contribution is 2.27. The Morgan fingerprint density at radius 2 is 1.63 bits per heavy atom. The van der Waals surface area contributed by atoms with Gasteiger partial charge in [0.1, 0.15) is 17.4 Å². The normalized spacial score (nSPS) is 10.8. The Balaban J connectivity index is 1.77. The minimum absolute atomic E-state index is 0.0126. The minimum Gasteiger partial charge on any atom is -0.508 e. The molecule has 150 valence electrons. The number of nitrogens with zero attached hydrogens (tertiary/aromatic N) is 2. The van der Waals surface area contributed by atoms with Crippen molar-refractivity contribution in [3.8, 4) is 11.8 Å². The fourth-order valence-corrected chi connectivity index (χ4v) is 2.87. The monoisotopic (exact) mass is 398 g/mol. The second-order valence-corrected chi connectivity index (χ2v) is 6.62. The molecule has 0 fully saturated rings. The van der Waals surface area contributed by atoms with Gasteiger partial charge in [0, 0.05) is 29.8 Å². The largest absolute Gasteiger partial charge is 0.508 e. The second kappa shape index (κ2) is 9.80. The topological polar surface area (TPSA) is 102 Å². The molecule has 0 bridgehead atoms. The van der Waals surface area contributed by atoms with E-state index in [1.54, 1.807) is 41.3 Å². The van der Waals surface area contributed by atoms with Crippen molar-refractivity contribution in [3.63, 3.8) is 0 Å². The van der Waals surface area contributed by atoms with Gasteiger partial charge in [0.2, 0.25) is 0 Å². The number of hydrogen-bond acceptors (Lipinski definition) is 5. The van der Waals surface area contributed by atoms with E-state index in [0.717, 1.165) is 16.9 Å². The Hall–Kier alpha value is -4.24. The summed E-state index contributed by atoms with van der Waals surface area (Å²) in [5.41, 5.74) is 8.97. The van der Waals surface area contributed by atoms with Crippen LogP contribution >= 0.6 is 0 Å². The summed E-state index contributed by atoms with van der Waals surface area (Å²) in [5, 5.41) is 21.7. The number of nitrogen functional groups attached to an aromatic ring is 1. The molecule has 0 spiro atoms. The van der Waals surface area contributed by atoms with Crippen molar-refractivity contribution in [1.29, 1.82) is 5.26 Å². The van der Waals surface area contributed by atoms with Gasteiger partial charge in [-0.25, -0.2) is 0 Å². The van der Waals surface area contributed by atoms with E-state index in [1.165, 1.54) is 6.20 Å². The summed E-state index contributed by atoms with van der Waals surface area (Å²) in [5.74, 6) is -0.256. The van der Waals surface area contributed by atoms with Crippen LogP contribution in [0.4, 0.5) is 17.1 Å². The van der Waals surface area contributed by atoms with Crippen LogP contribution in [0.2, 0.25) is 0 Å². The number of nitrogens with one attached hydrogen (secondary N) is 1. The van der Waals surface area contributed by atoms with Gasteiger partial charge in [-0.05, 0) is 60.5 Å². The first-order valence-electron chi connectivity index (χ1n) is 9.44. The molecule has 0 saturated carbocycles. The molecular formula is C24H22N4O2. The summed E-state index contributed by atoms with van der Waals surface area (Å²) < 4.78 is 0. The van der Waals surface area contributed by atoms with E-state index in [1.807, 2.05) is 48.5 Å². The van der Waals surface area contributed by atoms with Crippen LogP contribution in [0.1, 0.15) is 5.56 Å². The number of phenolic OH excluding ortho intramolecular Hbond substituents is 1. The molecule has 0 saturated heterocycles. The van der Waals surface area contributed by atoms with Crippen molar-refractivity contribution >= 4 is 23.0 Å². The predicted molar refractivity (Wildman–Crippen MR) is 118 cm³/mol. The number of carbonyl (C=O) groups is 1. The molecule has 0 atom stereocenters. The third kappa shape index (κ3) is 5.40. The van der Waals surface area contributed by atoms with E-state index >= 15 is 0 Å². The lowest BCUT2D eigenvalue weighted by Crippen LogP contribution is -2.28. The number of aromatic hydroxyl groups is 1. The lowest BCUT2D eigenvalue weighted by molar-refractivity contribution is -0.117. The molecule has 30 heavy (non-hydrogen) atoms. The van der Waals surface area contributed by atoms with Crippen LogP contribution in [0.15, 0.2) is 90.6 Å². The van der Waals surface area contributed by atoms with E-state index in [9.17, 15) is 15.2 Å². The molecule has 0 unspecified atom stereocenters. The molecule has 0 radical (unpaired) electrons. The van der Waals surface area contributed by atoms with Gasteiger partial charge in [-0.1, -0.05) is 30.3 Å². The average molecular weight is 398 g/mol. The zero-order chi connectivity index (χ0) is 21.3. The number of amides is 1. The number of carbonyl (C=O) groups excluding carboxylic acids is 1. The molecule has 0 aliphatic heterocycles. The molecule has 6 heteroatoms. The molecule has 3 aromatic carbocycles.